The minimum atomic E-state index is -0.327. The van der Waals surface area contributed by atoms with E-state index in [1.54, 1.807) is 7.11 Å². The fourth-order valence-corrected chi connectivity index (χ4v) is 2.92. The van der Waals surface area contributed by atoms with E-state index in [2.05, 4.69) is 9.98 Å². The highest BCUT2D eigenvalue weighted by molar-refractivity contribution is 7.13. The van der Waals surface area contributed by atoms with Crippen LogP contribution in [-0.4, -0.2) is 29.0 Å². The summed E-state index contributed by atoms with van der Waals surface area (Å²) in [6, 6.07) is 7.81. The molecule has 4 nitrogen and oxygen atoms in total. The molecule has 0 saturated carbocycles. The first kappa shape index (κ1) is 14.0. The Balaban J connectivity index is 1.84. The van der Waals surface area contributed by atoms with Crippen molar-refractivity contribution in [3.8, 4) is 17.0 Å². The number of nitrogens with zero attached hydrogens (tertiary/aromatic N) is 2. The Morgan fingerprint density at radius 2 is 2.33 bits per heavy atom. The van der Waals surface area contributed by atoms with Gasteiger partial charge in [0.05, 0.1) is 18.9 Å². The highest BCUT2D eigenvalue weighted by Crippen LogP contribution is 2.29. The summed E-state index contributed by atoms with van der Waals surface area (Å²) in [5, 5.41) is 12.3. The van der Waals surface area contributed by atoms with E-state index in [4.69, 9.17) is 4.74 Å². The molecule has 1 aliphatic rings. The summed E-state index contributed by atoms with van der Waals surface area (Å²) >= 11 is 1.50. The van der Waals surface area contributed by atoms with Gasteiger partial charge in [-0.2, -0.15) is 0 Å². The van der Waals surface area contributed by atoms with E-state index >= 15 is 0 Å². The Morgan fingerprint density at radius 1 is 1.43 bits per heavy atom. The summed E-state index contributed by atoms with van der Waals surface area (Å²) in [7, 11) is 1.65. The number of aliphatic imine (C=N–C) groups is 1. The molecule has 108 valence electrons. The second kappa shape index (κ2) is 6.20. The highest BCUT2D eigenvalue weighted by atomic mass is 32.1. The van der Waals surface area contributed by atoms with Crippen LogP contribution in [0.3, 0.4) is 0 Å². The lowest BCUT2D eigenvalue weighted by Gasteiger charge is -2.12. The van der Waals surface area contributed by atoms with Gasteiger partial charge in [-0.3, -0.25) is 0 Å². The molecule has 0 fully saturated rings. The van der Waals surface area contributed by atoms with Crippen molar-refractivity contribution in [2.24, 2.45) is 4.99 Å². The zero-order valence-electron chi connectivity index (χ0n) is 11.7. The quantitative estimate of drug-likeness (QED) is 0.942. The average Bonchev–Trinajstić information content (AvgIpc) is 2.96. The molecular formula is C16H16N2O2S. The van der Waals surface area contributed by atoms with Crippen LogP contribution < -0.4 is 4.74 Å². The molecule has 0 aliphatic heterocycles. The predicted octanol–water partition coefficient (Wildman–Crippen LogP) is 3.60. The van der Waals surface area contributed by atoms with E-state index in [9.17, 15) is 5.11 Å². The summed E-state index contributed by atoms with van der Waals surface area (Å²) in [5.74, 6) is 0.812. The topological polar surface area (TPSA) is 54.7 Å². The largest absolute Gasteiger partial charge is 0.497 e. The first-order valence-electron chi connectivity index (χ1n) is 6.77. The Bertz CT molecular complexity index is 691. The molecule has 0 saturated heterocycles. The number of aromatic nitrogens is 1. The minimum absolute atomic E-state index is 0.327. The molecule has 0 bridgehead atoms. The molecule has 1 aromatic carbocycles. The fourth-order valence-electron chi connectivity index (χ4n) is 2.19. The maximum Gasteiger partial charge on any atom is 0.209 e. The van der Waals surface area contributed by atoms with Gasteiger partial charge in [-0.15, -0.1) is 11.3 Å². The average molecular weight is 300 g/mol. The van der Waals surface area contributed by atoms with Gasteiger partial charge in [-0.1, -0.05) is 18.2 Å². The molecule has 2 aromatic rings. The smallest absolute Gasteiger partial charge is 0.209 e. The number of hydrogen-bond donors (Lipinski definition) is 1. The summed E-state index contributed by atoms with van der Waals surface area (Å²) in [6.07, 6.45) is 4.87. The van der Waals surface area contributed by atoms with Gasteiger partial charge in [0.1, 0.15) is 5.75 Å². The van der Waals surface area contributed by atoms with E-state index in [0.29, 0.717) is 18.0 Å². The number of thiazole rings is 1. The first-order valence-corrected chi connectivity index (χ1v) is 7.64. The maximum absolute atomic E-state index is 9.64. The SMILES string of the molecule is COc1cccc(-c2csc(N=C3C=CCC(O)C3)n2)c1. The van der Waals surface area contributed by atoms with Crippen LogP contribution >= 0.6 is 11.3 Å². The molecule has 1 N–H and O–H groups in total. The van der Waals surface area contributed by atoms with E-state index < -0.39 is 0 Å². The predicted molar refractivity (Wildman–Crippen MR) is 85.6 cm³/mol. The summed E-state index contributed by atoms with van der Waals surface area (Å²) in [6.45, 7) is 0. The Kier molecular flexibility index (Phi) is 4.13. The third kappa shape index (κ3) is 3.37. The molecule has 5 heteroatoms. The van der Waals surface area contributed by atoms with Gasteiger partial charge in [-0.25, -0.2) is 9.98 Å². The van der Waals surface area contributed by atoms with E-state index in [1.165, 1.54) is 11.3 Å². The van der Waals surface area contributed by atoms with E-state index in [0.717, 1.165) is 22.7 Å². The minimum Gasteiger partial charge on any atom is -0.497 e. The number of benzene rings is 1. The standard InChI is InChI=1S/C16H16N2O2S/c1-20-14-7-2-4-11(8-14)15-10-21-16(18-15)17-12-5-3-6-13(19)9-12/h2-5,7-8,10,13,19H,6,9H2,1H3. The number of ether oxygens (including phenoxy) is 1. The fraction of sp³-hybridized carbons (Fsp3) is 0.250. The normalized spacial score (nSPS) is 19.9. The zero-order chi connectivity index (χ0) is 14.7. The Labute approximate surface area is 127 Å². The zero-order valence-corrected chi connectivity index (χ0v) is 12.5. The van der Waals surface area contributed by atoms with Crippen LogP contribution in [-0.2, 0) is 0 Å². The van der Waals surface area contributed by atoms with Gasteiger partial charge >= 0.3 is 0 Å². The summed E-state index contributed by atoms with van der Waals surface area (Å²) < 4.78 is 5.23. The number of rotatable bonds is 3. The highest BCUT2D eigenvalue weighted by Gasteiger charge is 2.12. The summed E-state index contributed by atoms with van der Waals surface area (Å²) in [5.41, 5.74) is 2.77. The number of allylic oxidation sites excluding steroid dienone is 1. The number of aliphatic hydroxyl groups is 1. The monoisotopic (exact) mass is 300 g/mol. The molecule has 1 heterocycles. The van der Waals surface area contributed by atoms with Gasteiger partial charge in [0.15, 0.2) is 0 Å². The number of methoxy groups -OCH3 is 1. The van der Waals surface area contributed by atoms with Crippen molar-refractivity contribution in [3.05, 3.63) is 41.8 Å². The second-order valence-electron chi connectivity index (χ2n) is 4.85. The van der Waals surface area contributed by atoms with E-state index in [-0.39, 0.29) is 6.10 Å². The molecule has 1 aromatic heterocycles. The third-order valence-electron chi connectivity index (χ3n) is 3.26. The van der Waals surface area contributed by atoms with Gasteiger partial charge in [0.2, 0.25) is 5.13 Å². The lowest BCUT2D eigenvalue weighted by molar-refractivity contribution is 0.184. The molecule has 0 spiro atoms. The molecule has 0 radical (unpaired) electrons. The van der Waals surface area contributed by atoms with Crippen LogP contribution in [0.5, 0.6) is 5.75 Å². The van der Waals surface area contributed by atoms with Crippen molar-refractivity contribution in [3.63, 3.8) is 0 Å². The second-order valence-corrected chi connectivity index (χ2v) is 5.68. The van der Waals surface area contributed by atoms with Crippen molar-refractivity contribution in [2.45, 2.75) is 18.9 Å². The van der Waals surface area contributed by atoms with Crippen LogP contribution in [0.1, 0.15) is 12.8 Å². The molecule has 21 heavy (non-hydrogen) atoms. The molecule has 0 amide bonds. The molecule has 1 unspecified atom stereocenters. The van der Waals surface area contributed by atoms with Crippen LogP contribution in [0.2, 0.25) is 0 Å². The van der Waals surface area contributed by atoms with Gasteiger partial charge < -0.3 is 9.84 Å². The van der Waals surface area contributed by atoms with E-state index in [1.807, 2.05) is 41.8 Å². The van der Waals surface area contributed by atoms with Crippen molar-refractivity contribution in [2.75, 3.05) is 7.11 Å². The van der Waals surface area contributed by atoms with Crippen molar-refractivity contribution in [1.82, 2.24) is 4.98 Å². The molecular weight excluding hydrogens is 284 g/mol. The van der Waals surface area contributed by atoms with Crippen molar-refractivity contribution >= 4 is 22.2 Å². The van der Waals surface area contributed by atoms with Gasteiger partial charge in [0, 0.05) is 23.1 Å². The van der Waals surface area contributed by atoms with Crippen molar-refractivity contribution < 1.29 is 9.84 Å². The molecule has 1 aliphatic carbocycles. The van der Waals surface area contributed by atoms with Crippen LogP contribution in [0.15, 0.2) is 46.8 Å². The molecule has 3 rings (SSSR count). The van der Waals surface area contributed by atoms with Crippen LogP contribution in [0.4, 0.5) is 5.13 Å². The lowest BCUT2D eigenvalue weighted by atomic mass is 10.0. The van der Waals surface area contributed by atoms with Gasteiger partial charge in [-0.05, 0) is 24.6 Å². The Morgan fingerprint density at radius 3 is 3.14 bits per heavy atom. The Hall–Kier alpha value is -1.98. The maximum atomic E-state index is 9.64. The number of aliphatic hydroxyl groups excluding tert-OH is 1. The third-order valence-corrected chi connectivity index (χ3v) is 3.99. The molecule has 1 atom stereocenters. The number of hydrogen-bond acceptors (Lipinski definition) is 5. The summed E-state index contributed by atoms with van der Waals surface area (Å²) in [4.78, 5) is 9.04. The van der Waals surface area contributed by atoms with Crippen LogP contribution in [0.25, 0.3) is 11.3 Å². The van der Waals surface area contributed by atoms with Crippen molar-refractivity contribution in [1.29, 1.82) is 0 Å². The first-order chi connectivity index (χ1) is 10.2. The lowest BCUT2D eigenvalue weighted by Crippen LogP contribution is -2.14. The van der Waals surface area contributed by atoms with Crippen LogP contribution in [0, 0.1) is 0 Å². The van der Waals surface area contributed by atoms with Gasteiger partial charge in [0.25, 0.3) is 0 Å².